The van der Waals surface area contributed by atoms with Crippen molar-refractivity contribution in [2.45, 2.75) is 50.5 Å². The Bertz CT molecular complexity index is 565. The molecule has 3 rings (SSSR count). The summed E-state index contributed by atoms with van der Waals surface area (Å²) in [6, 6.07) is 19.9. The summed E-state index contributed by atoms with van der Waals surface area (Å²) >= 11 is 0. The standard InChI is InChI=1S/C20H25N/c1-2-16-10-12-17(13-11-16)19(21)20(14-6-7-15-20)18-8-4-3-5-9-18/h3-5,8-13,19H,2,6-7,14-15,21H2,1H3. The number of hydrogen-bond acceptors (Lipinski definition) is 1. The molecule has 1 unspecified atom stereocenters. The SMILES string of the molecule is CCc1ccc(C(N)C2(c3ccccc3)CCCC2)cc1. The van der Waals surface area contributed by atoms with Crippen LogP contribution in [0, 0.1) is 0 Å². The lowest BCUT2D eigenvalue weighted by atomic mass is 9.71. The normalized spacial score (nSPS) is 18.6. The summed E-state index contributed by atoms with van der Waals surface area (Å²) in [5.74, 6) is 0. The number of benzene rings is 2. The second-order valence-electron chi connectivity index (χ2n) is 6.30. The van der Waals surface area contributed by atoms with Crippen LogP contribution in [0.5, 0.6) is 0 Å². The van der Waals surface area contributed by atoms with E-state index in [1.165, 1.54) is 42.4 Å². The molecule has 0 saturated heterocycles. The van der Waals surface area contributed by atoms with Crippen molar-refractivity contribution in [2.24, 2.45) is 5.73 Å². The Labute approximate surface area is 128 Å². The second-order valence-corrected chi connectivity index (χ2v) is 6.30. The van der Waals surface area contributed by atoms with Crippen LogP contribution in [-0.2, 0) is 11.8 Å². The molecule has 0 heterocycles. The molecule has 1 atom stereocenters. The third kappa shape index (κ3) is 2.63. The van der Waals surface area contributed by atoms with E-state index in [0.717, 1.165) is 6.42 Å². The van der Waals surface area contributed by atoms with E-state index in [4.69, 9.17) is 5.73 Å². The molecule has 110 valence electrons. The van der Waals surface area contributed by atoms with Crippen LogP contribution >= 0.6 is 0 Å². The second kappa shape index (κ2) is 6.03. The van der Waals surface area contributed by atoms with Gasteiger partial charge in [0.05, 0.1) is 0 Å². The van der Waals surface area contributed by atoms with Crippen LogP contribution in [0.25, 0.3) is 0 Å². The van der Waals surface area contributed by atoms with Gasteiger partial charge in [-0.3, -0.25) is 0 Å². The van der Waals surface area contributed by atoms with Crippen LogP contribution in [0.3, 0.4) is 0 Å². The van der Waals surface area contributed by atoms with Gasteiger partial charge in [-0.15, -0.1) is 0 Å². The zero-order valence-corrected chi connectivity index (χ0v) is 12.9. The molecule has 0 aliphatic heterocycles. The van der Waals surface area contributed by atoms with Crippen molar-refractivity contribution >= 4 is 0 Å². The van der Waals surface area contributed by atoms with E-state index < -0.39 is 0 Å². The molecular weight excluding hydrogens is 254 g/mol. The predicted octanol–water partition coefficient (Wildman–Crippen LogP) is 4.76. The van der Waals surface area contributed by atoms with E-state index in [1.807, 2.05) is 0 Å². The van der Waals surface area contributed by atoms with Gasteiger partial charge < -0.3 is 5.73 Å². The Morgan fingerprint density at radius 1 is 0.952 bits per heavy atom. The molecule has 0 amide bonds. The van der Waals surface area contributed by atoms with E-state index >= 15 is 0 Å². The van der Waals surface area contributed by atoms with Gasteiger partial charge in [-0.2, -0.15) is 0 Å². The van der Waals surface area contributed by atoms with Crippen molar-refractivity contribution in [2.75, 3.05) is 0 Å². The van der Waals surface area contributed by atoms with Gasteiger partial charge in [-0.1, -0.05) is 74.4 Å². The molecule has 1 heteroatoms. The third-order valence-electron chi connectivity index (χ3n) is 5.19. The van der Waals surface area contributed by atoms with Crippen LogP contribution in [0.15, 0.2) is 54.6 Å². The van der Waals surface area contributed by atoms with E-state index in [2.05, 4.69) is 61.5 Å². The van der Waals surface area contributed by atoms with Crippen molar-refractivity contribution in [3.05, 3.63) is 71.3 Å². The van der Waals surface area contributed by atoms with Crippen molar-refractivity contribution in [3.8, 4) is 0 Å². The predicted molar refractivity (Wildman–Crippen MR) is 89.3 cm³/mol. The molecule has 1 aliphatic rings. The van der Waals surface area contributed by atoms with Gasteiger partial charge in [0, 0.05) is 11.5 Å². The van der Waals surface area contributed by atoms with Crippen LogP contribution in [0.2, 0.25) is 0 Å². The van der Waals surface area contributed by atoms with E-state index in [1.54, 1.807) is 0 Å². The maximum Gasteiger partial charge on any atom is 0.0393 e. The van der Waals surface area contributed by atoms with E-state index in [-0.39, 0.29) is 11.5 Å². The molecule has 1 saturated carbocycles. The lowest BCUT2D eigenvalue weighted by molar-refractivity contribution is 0.356. The van der Waals surface area contributed by atoms with Crippen molar-refractivity contribution < 1.29 is 0 Å². The zero-order valence-electron chi connectivity index (χ0n) is 12.9. The molecule has 0 radical (unpaired) electrons. The quantitative estimate of drug-likeness (QED) is 0.858. The van der Waals surface area contributed by atoms with E-state index in [0.29, 0.717) is 0 Å². The number of nitrogens with two attached hydrogens (primary N) is 1. The van der Waals surface area contributed by atoms with Gasteiger partial charge in [-0.25, -0.2) is 0 Å². The van der Waals surface area contributed by atoms with Crippen molar-refractivity contribution in [3.63, 3.8) is 0 Å². The van der Waals surface area contributed by atoms with Crippen LogP contribution in [0.4, 0.5) is 0 Å². The minimum atomic E-state index is 0.0910. The Morgan fingerprint density at radius 3 is 2.14 bits per heavy atom. The minimum Gasteiger partial charge on any atom is -0.323 e. The Balaban J connectivity index is 1.97. The fourth-order valence-electron chi connectivity index (χ4n) is 3.83. The van der Waals surface area contributed by atoms with Crippen LogP contribution in [0.1, 0.15) is 55.3 Å². The first kappa shape index (κ1) is 14.3. The molecule has 2 aromatic rings. The van der Waals surface area contributed by atoms with Gasteiger partial charge in [-0.05, 0) is 36.0 Å². The largest absolute Gasteiger partial charge is 0.323 e. The van der Waals surface area contributed by atoms with Crippen LogP contribution in [-0.4, -0.2) is 0 Å². The summed E-state index contributed by atoms with van der Waals surface area (Å²) in [6.45, 7) is 2.19. The molecule has 2 N–H and O–H groups in total. The lowest BCUT2D eigenvalue weighted by Crippen LogP contribution is -2.36. The average molecular weight is 279 g/mol. The van der Waals surface area contributed by atoms with Gasteiger partial charge in [0.1, 0.15) is 0 Å². The molecule has 1 aliphatic carbocycles. The summed E-state index contributed by atoms with van der Waals surface area (Å²) in [7, 11) is 0. The molecule has 2 aromatic carbocycles. The molecule has 1 fully saturated rings. The summed E-state index contributed by atoms with van der Waals surface area (Å²) in [6.07, 6.45) is 6.06. The van der Waals surface area contributed by atoms with Gasteiger partial charge in [0.15, 0.2) is 0 Å². The summed E-state index contributed by atoms with van der Waals surface area (Å²) in [4.78, 5) is 0. The monoisotopic (exact) mass is 279 g/mol. The van der Waals surface area contributed by atoms with Gasteiger partial charge in [0.2, 0.25) is 0 Å². The highest BCUT2D eigenvalue weighted by atomic mass is 14.7. The number of hydrogen-bond donors (Lipinski definition) is 1. The highest BCUT2D eigenvalue weighted by molar-refractivity contribution is 5.35. The first-order valence-electron chi connectivity index (χ1n) is 8.16. The highest BCUT2D eigenvalue weighted by Gasteiger charge is 2.41. The first-order valence-corrected chi connectivity index (χ1v) is 8.16. The van der Waals surface area contributed by atoms with Crippen LogP contribution < -0.4 is 5.73 Å². The highest BCUT2D eigenvalue weighted by Crippen LogP contribution is 2.48. The van der Waals surface area contributed by atoms with Gasteiger partial charge in [0.25, 0.3) is 0 Å². The van der Waals surface area contributed by atoms with Crippen molar-refractivity contribution in [1.29, 1.82) is 0 Å². The fraction of sp³-hybridized carbons (Fsp3) is 0.400. The third-order valence-corrected chi connectivity index (χ3v) is 5.19. The Hall–Kier alpha value is -1.60. The molecule has 0 spiro atoms. The molecule has 1 nitrogen and oxygen atoms in total. The first-order chi connectivity index (χ1) is 10.3. The Kier molecular flexibility index (Phi) is 4.12. The molecule has 0 aromatic heterocycles. The summed E-state index contributed by atoms with van der Waals surface area (Å²) in [5, 5.41) is 0. The fourth-order valence-corrected chi connectivity index (χ4v) is 3.83. The molecule has 21 heavy (non-hydrogen) atoms. The summed E-state index contributed by atoms with van der Waals surface area (Å²) < 4.78 is 0. The Morgan fingerprint density at radius 2 is 1.57 bits per heavy atom. The zero-order chi connectivity index (χ0) is 14.7. The topological polar surface area (TPSA) is 26.0 Å². The maximum atomic E-state index is 6.76. The molecular formula is C20H25N. The van der Waals surface area contributed by atoms with Crippen molar-refractivity contribution in [1.82, 2.24) is 0 Å². The minimum absolute atomic E-state index is 0.0910. The van der Waals surface area contributed by atoms with Gasteiger partial charge >= 0.3 is 0 Å². The number of aryl methyl sites for hydroxylation is 1. The smallest absolute Gasteiger partial charge is 0.0393 e. The average Bonchev–Trinajstić information content (AvgIpc) is 3.06. The number of rotatable bonds is 4. The lowest BCUT2D eigenvalue weighted by Gasteiger charge is -2.36. The molecule has 0 bridgehead atoms. The summed E-state index contributed by atoms with van der Waals surface area (Å²) in [5.41, 5.74) is 10.9. The maximum absolute atomic E-state index is 6.76. The van der Waals surface area contributed by atoms with E-state index in [9.17, 15) is 0 Å².